The van der Waals surface area contributed by atoms with Crippen molar-refractivity contribution < 1.29 is 14.3 Å². The highest BCUT2D eigenvalue weighted by Crippen LogP contribution is 2.42. The molecule has 1 saturated carbocycles. The van der Waals surface area contributed by atoms with Gasteiger partial charge in [0, 0.05) is 5.39 Å². The van der Waals surface area contributed by atoms with Gasteiger partial charge in [-0.1, -0.05) is 25.0 Å². The lowest BCUT2D eigenvalue weighted by atomic mass is 9.79. The lowest BCUT2D eigenvalue weighted by molar-refractivity contribution is -0.143. The Hall–Kier alpha value is -1.77. The number of carboxylic acids is 1. The average molecular weight is 244 g/mol. The minimum absolute atomic E-state index is 0.700. The van der Waals surface area contributed by atoms with Gasteiger partial charge in [0.25, 0.3) is 0 Å². The van der Waals surface area contributed by atoms with Crippen molar-refractivity contribution in [3.63, 3.8) is 0 Å². The summed E-state index contributed by atoms with van der Waals surface area (Å²) in [6.45, 7) is 1.99. The minimum atomic E-state index is -0.706. The van der Waals surface area contributed by atoms with Crippen LogP contribution in [0.1, 0.15) is 36.8 Å². The van der Waals surface area contributed by atoms with E-state index in [1.54, 1.807) is 6.26 Å². The first kappa shape index (κ1) is 11.3. The zero-order valence-electron chi connectivity index (χ0n) is 10.4. The third kappa shape index (κ3) is 1.47. The molecule has 0 aliphatic heterocycles. The van der Waals surface area contributed by atoms with Crippen LogP contribution in [0.25, 0.3) is 11.0 Å². The fourth-order valence-corrected chi connectivity index (χ4v) is 3.06. The number of aryl methyl sites for hydroxylation is 1. The number of fused-ring (bicyclic) bond motifs is 1. The topological polar surface area (TPSA) is 50.4 Å². The molecular weight excluding hydrogens is 228 g/mol. The van der Waals surface area contributed by atoms with E-state index in [4.69, 9.17) is 4.42 Å². The Morgan fingerprint density at radius 2 is 2.06 bits per heavy atom. The molecule has 18 heavy (non-hydrogen) atoms. The van der Waals surface area contributed by atoms with Crippen molar-refractivity contribution in [1.29, 1.82) is 0 Å². The number of benzene rings is 1. The lowest BCUT2D eigenvalue weighted by Gasteiger charge is -2.24. The monoisotopic (exact) mass is 244 g/mol. The number of hydrogen-bond acceptors (Lipinski definition) is 2. The van der Waals surface area contributed by atoms with Crippen LogP contribution in [-0.2, 0) is 10.2 Å². The second-order valence-corrected chi connectivity index (χ2v) is 5.22. The third-order valence-electron chi connectivity index (χ3n) is 4.19. The van der Waals surface area contributed by atoms with Gasteiger partial charge in [-0.3, -0.25) is 4.79 Å². The van der Waals surface area contributed by atoms with E-state index in [0.29, 0.717) is 0 Å². The van der Waals surface area contributed by atoms with Crippen LogP contribution in [0.5, 0.6) is 0 Å². The van der Waals surface area contributed by atoms with Gasteiger partial charge in [0.05, 0.1) is 11.7 Å². The van der Waals surface area contributed by atoms with E-state index in [1.165, 1.54) is 0 Å². The summed E-state index contributed by atoms with van der Waals surface area (Å²) >= 11 is 0. The van der Waals surface area contributed by atoms with Crippen LogP contribution in [0.15, 0.2) is 28.9 Å². The molecule has 1 aromatic heterocycles. The van der Waals surface area contributed by atoms with Gasteiger partial charge in [0.1, 0.15) is 5.58 Å². The van der Waals surface area contributed by atoms with E-state index in [0.717, 1.165) is 47.8 Å². The van der Waals surface area contributed by atoms with Gasteiger partial charge in [0.15, 0.2) is 0 Å². The molecule has 1 aromatic carbocycles. The summed E-state index contributed by atoms with van der Waals surface area (Å²) in [5.41, 5.74) is 2.06. The number of aliphatic carboxylic acids is 1. The van der Waals surface area contributed by atoms with E-state index in [2.05, 4.69) is 0 Å². The highest BCUT2D eigenvalue weighted by molar-refractivity contribution is 5.86. The smallest absolute Gasteiger partial charge is 0.314 e. The van der Waals surface area contributed by atoms with Crippen molar-refractivity contribution in [2.24, 2.45) is 0 Å². The molecule has 0 amide bonds. The molecule has 1 N–H and O–H groups in total. The molecule has 1 aliphatic carbocycles. The van der Waals surface area contributed by atoms with Gasteiger partial charge in [-0.25, -0.2) is 0 Å². The molecular formula is C15H16O3. The van der Waals surface area contributed by atoms with Crippen LogP contribution in [0.4, 0.5) is 0 Å². The summed E-state index contributed by atoms with van der Waals surface area (Å²) < 4.78 is 5.48. The molecule has 3 heteroatoms. The van der Waals surface area contributed by atoms with E-state index < -0.39 is 11.4 Å². The summed E-state index contributed by atoms with van der Waals surface area (Å²) in [5.74, 6) is -0.706. The molecule has 1 heterocycles. The maximum Gasteiger partial charge on any atom is 0.314 e. The third-order valence-corrected chi connectivity index (χ3v) is 4.19. The second-order valence-electron chi connectivity index (χ2n) is 5.22. The first-order chi connectivity index (χ1) is 8.63. The molecule has 1 fully saturated rings. The lowest BCUT2D eigenvalue weighted by Crippen LogP contribution is -2.32. The Kier molecular flexibility index (Phi) is 2.44. The first-order valence-electron chi connectivity index (χ1n) is 6.35. The van der Waals surface area contributed by atoms with Crippen LogP contribution in [0.3, 0.4) is 0 Å². The Balaban J connectivity index is 2.15. The molecule has 94 valence electrons. The van der Waals surface area contributed by atoms with Crippen molar-refractivity contribution >= 4 is 16.9 Å². The maximum atomic E-state index is 11.6. The summed E-state index contributed by atoms with van der Waals surface area (Å²) in [4.78, 5) is 11.6. The number of rotatable bonds is 2. The van der Waals surface area contributed by atoms with Crippen LogP contribution < -0.4 is 0 Å². The number of furan rings is 1. The van der Waals surface area contributed by atoms with Crippen LogP contribution in [-0.4, -0.2) is 11.1 Å². The highest BCUT2D eigenvalue weighted by Gasteiger charge is 2.43. The predicted octanol–water partition coefficient (Wildman–Crippen LogP) is 3.64. The second kappa shape index (κ2) is 3.87. The zero-order valence-corrected chi connectivity index (χ0v) is 10.4. The Bertz CT molecular complexity index is 603. The van der Waals surface area contributed by atoms with Crippen molar-refractivity contribution in [1.82, 2.24) is 0 Å². The van der Waals surface area contributed by atoms with E-state index in [9.17, 15) is 9.90 Å². The maximum absolute atomic E-state index is 11.6. The van der Waals surface area contributed by atoms with Gasteiger partial charge in [-0.15, -0.1) is 0 Å². The molecule has 0 radical (unpaired) electrons. The van der Waals surface area contributed by atoms with E-state index >= 15 is 0 Å². The van der Waals surface area contributed by atoms with Gasteiger partial charge in [-0.2, -0.15) is 0 Å². The van der Waals surface area contributed by atoms with Gasteiger partial charge >= 0.3 is 5.97 Å². The number of carbonyl (C=O) groups is 1. The Labute approximate surface area is 105 Å². The highest BCUT2D eigenvalue weighted by atomic mass is 16.4. The number of carboxylic acid groups (broad SMARTS) is 1. The summed E-state index contributed by atoms with van der Waals surface area (Å²) in [7, 11) is 0. The quantitative estimate of drug-likeness (QED) is 0.877. The molecule has 2 aromatic rings. The van der Waals surface area contributed by atoms with Crippen LogP contribution in [0.2, 0.25) is 0 Å². The average Bonchev–Trinajstić information content (AvgIpc) is 2.97. The van der Waals surface area contributed by atoms with Crippen molar-refractivity contribution in [3.8, 4) is 0 Å². The summed E-state index contributed by atoms with van der Waals surface area (Å²) in [6.07, 6.45) is 5.15. The van der Waals surface area contributed by atoms with Gasteiger partial charge < -0.3 is 9.52 Å². The normalized spacial score (nSPS) is 18.3. The fourth-order valence-electron chi connectivity index (χ4n) is 3.06. The molecule has 0 unspecified atom stereocenters. The molecule has 0 bridgehead atoms. The molecule has 0 atom stereocenters. The molecule has 0 spiro atoms. The van der Waals surface area contributed by atoms with Crippen LogP contribution in [0, 0.1) is 6.92 Å². The number of hydrogen-bond donors (Lipinski definition) is 1. The van der Waals surface area contributed by atoms with E-state index in [-0.39, 0.29) is 0 Å². The van der Waals surface area contributed by atoms with Crippen LogP contribution >= 0.6 is 0 Å². The molecule has 3 nitrogen and oxygen atoms in total. The minimum Gasteiger partial charge on any atom is -0.481 e. The summed E-state index contributed by atoms with van der Waals surface area (Å²) in [5, 5.41) is 10.6. The Morgan fingerprint density at radius 1 is 1.33 bits per heavy atom. The SMILES string of the molecule is Cc1coc2cc(C3(C(=O)O)CCCC3)ccc12. The van der Waals surface area contributed by atoms with E-state index in [1.807, 2.05) is 25.1 Å². The zero-order chi connectivity index (χ0) is 12.8. The molecule has 3 rings (SSSR count). The van der Waals surface area contributed by atoms with Gasteiger partial charge in [0.2, 0.25) is 0 Å². The molecule has 1 aliphatic rings. The largest absolute Gasteiger partial charge is 0.481 e. The standard InChI is InChI=1S/C15H16O3/c1-10-9-18-13-8-11(4-5-12(10)13)15(14(16)17)6-2-3-7-15/h4-5,8-9H,2-3,6-7H2,1H3,(H,16,17). The van der Waals surface area contributed by atoms with Crippen molar-refractivity contribution in [3.05, 3.63) is 35.6 Å². The van der Waals surface area contributed by atoms with Gasteiger partial charge in [-0.05, 0) is 37.0 Å². The summed E-state index contributed by atoms with van der Waals surface area (Å²) in [6, 6.07) is 5.83. The van der Waals surface area contributed by atoms with Crippen molar-refractivity contribution in [2.75, 3.05) is 0 Å². The Morgan fingerprint density at radius 3 is 2.72 bits per heavy atom. The predicted molar refractivity (Wildman–Crippen MR) is 68.7 cm³/mol. The van der Waals surface area contributed by atoms with Crippen molar-refractivity contribution in [2.45, 2.75) is 38.0 Å². The molecule has 0 saturated heterocycles. The fraction of sp³-hybridized carbons (Fsp3) is 0.400. The first-order valence-corrected chi connectivity index (χ1v) is 6.35.